The molecule has 1 aromatic carbocycles. The molecule has 0 aliphatic rings. The Labute approximate surface area is 113 Å². The van der Waals surface area contributed by atoms with Crippen LogP contribution in [-0.4, -0.2) is 22.3 Å². The molecule has 2 aromatic rings. The van der Waals surface area contributed by atoms with Crippen molar-refractivity contribution in [2.24, 2.45) is 0 Å². The summed E-state index contributed by atoms with van der Waals surface area (Å²) < 4.78 is 30.1. The molecule has 0 spiro atoms. The second-order valence-corrected chi connectivity index (χ2v) is 3.86. The number of amides is 1. The number of aromatic nitrogens is 2. The third-order valence-corrected chi connectivity index (χ3v) is 2.34. The lowest BCUT2D eigenvalue weighted by Gasteiger charge is -2.11. The maximum absolute atomic E-state index is 12.2. The maximum atomic E-state index is 12.2. The zero-order valence-electron chi connectivity index (χ0n) is 10.3. The van der Waals surface area contributed by atoms with E-state index in [-0.39, 0.29) is 18.0 Å². The Bertz CT molecular complexity index is 601. The zero-order valence-corrected chi connectivity index (χ0v) is 10.3. The van der Waals surface area contributed by atoms with Crippen LogP contribution < -0.4 is 15.8 Å². The van der Waals surface area contributed by atoms with Crippen molar-refractivity contribution >= 4 is 17.4 Å². The molecule has 0 aliphatic carbocycles. The smallest absolute Gasteiger partial charge is 0.387 e. The Hall–Kier alpha value is -2.64. The third-order valence-electron chi connectivity index (χ3n) is 2.34. The first-order chi connectivity index (χ1) is 9.54. The van der Waals surface area contributed by atoms with Gasteiger partial charge in [-0.15, -0.1) is 0 Å². The molecule has 1 aromatic heterocycles. The molecule has 6 nitrogen and oxygen atoms in total. The summed E-state index contributed by atoms with van der Waals surface area (Å²) in [6.45, 7) is -3.04. The number of benzene rings is 1. The van der Waals surface area contributed by atoms with Crippen molar-refractivity contribution in [3.05, 3.63) is 36.5 Å². The number of para-hydroxylation sites is 2. The third kappa shape index (κ3) is 3.67. The van der Waals surface area contributed by atoms with Gasteiger partial charge in [0.15, 0.2) is 0 Å². The lowest BCUT2D eigenvalue weighted by atomic mass is 10.3. The summed E-state index contributed by atoms with van der Waals surface area (Å²) in [5, 5.41) is 6.32. The summed E-state index contributed by atoms with van der Waals surface area (Å²) in [5.41, 5.74) is 5.58. The summed E-state index contributed by atoms with van der Waals surface area (Å²) in [5.74, 6) is -0.242. The first-order valence-electron chi connectivity index (χ1n) is 5.67. The van der Waals surface area contributed by atoms with Crippen LogP contribution in [0.1, 0.15) is 0 Å². The van der Waals surface area contributed by atoms with E-state index in [4.69, 9.17) is 5.73 Å². The molecule has 8 heteroatoms. The van der Waals surface area contributed by atoms with E-state index in [9.17, 15) is 13.6 Å². The average Bonchev–Trinajstić information content (AvgIpc) is 2.76. The van der Waals surface area contributed by atoms with Gasteiger partial charge in [-0.1, -0.05) is 12.1 Å². The van der Waals surface area contributed by atoms with E-state index >= 15 is 0 Å². The lowest BCUT2D eigenvalue weighted by molar-refractivity contribution is -0.117. The zero-order chi connectivity index (χ0) is 14.5. The van der Waals surface area contributed by atoms with Crippen molar-refractivity contribution < 1.29 is 18.3 Å². The number of carbonyl (C=O) groups excluding carboxylic acids is 1. The van der Waals surface area contributed by atoms with E-state index < -0.39 is 12.5 Å². The Morgan fingerprint density at radius 2 is 2.15 bits per heavy atom. The fourth-order valence-electron chi connectivity index (χ4n) is 1.57. The molecule has 1 amide bonds. The van der Waals surface area contributed by atoms with Gasteiger partial charge in [-0.2, -0.15) is 13.9 Å². The molecule has 2 rings (SSSR count). The number of ether oxygens (including phenoxy) is 1. The van der Waals surface area contributed by atoms with Gasteiger partial charge >= 0.3 is 6.61 Å². The average molecular weight is 282 g/mol. The summed E-state index contributed by atoms with van der Waals surface area (Å²) in [4.78, 5) is 11.8. The second kappa shape index (κ2) is 6.00. The minimum Gasteiger partial charge on any atom is -0.433 e. The summed E-state index contributed by atoms with van der Waals surface area (Å²) in [6.07, 6.45) is 1.54. The second-order valence-electron chi connectivity index (χ2n) is 3.86. The molecule has 0 aliphatic heterocycles. The lowest BCUT2D eigenvalue weighted by Crippen LogP contribution is -2.20. The van der Waals surface area contributed by atoms with Gasteiger partial charge in [0.25, 0.3) is 0 Å². The highest BCUT2D eigenvalue weighted by atomic mass is 19.3. The van der Waals surface area contributed by atoms with Crippen LogP contribution in [0.2, 0.25) is 0 Å². The highest BCUT2D eigenvalue weighted by molar-refractivity contribution is 5.92. The van der Waals surface area contributed by atoms with E-state index in [2.05, 4.69) is 15.2 Å². The van der Waals surface area contributed by atoms with Crippen LogP contribution in [-0.2, 0) is 11.3 Å². The van der Waals surface area contributed by atoms with Gasteiger partial charge in [0, 0.05) is 6.20 Å². The van der Waals surface area contributed by atoms with E-state index in [1.165, 1.54) is 29.1 Å². The molecule has 0 saturated carbocycles. The number of nitrogens with one attached hydrogen (secondary N) is 1. The van der Waals surface area contributed by atoms with Crippen LogP contribution in [0.5, 0.6) is 5.75 Å². The number of anilines is 2. The number of halogens is 2. The highest BCUT2D eigenvalue weighted by Gasteiger charge is 2.12. The van der Waals surface area contributed by atoms with Crippen LogP contribution >= 0.6 is 0 Å². The van der Waals surface area contributed by atoms with Crippen LogP contribution in [0.4, 0.5) is 20.3 Å². The van der Waals surface area contributed by atoms with Gasteiger partial charge in [-0.25, -0.2) is 0 Å². The molecule has 3 N–H and O–H groups in total. The molecule has 1 heterocycles. The number of hydrogen-bond acceptors (Lipinski definition) is 4. The standard InChI is InChI=1S/C12H12F2N4O2/c13-12(14)20-9-4-2-1-3-8(9)16-11(19)7-18-6-5-10(15)17-18/h1-6,12H,7H2,(H2,15,17)(H,16,19). The number of carbonyl (C=O) groups is 1. The number of alkyl halides is 2. The van der Waals surface area contributed by atoms with E-state index in [1.54, 1.807) is 12.1 Å². The molecule has 0 radical (unpaired) electrons. The quantitative estimate of drug-likeness (QED) is 0.874. The summed E-state index contributed by atoms with van der Waals surface area (Å²) in [6, 6.07) is 7.48. The SMILES string of the molecule is Nc1ccn(CC(=O)Nc2ccccc2OC(F)F)n1. The molecule has 0 unspecified atom stereocenters. The predicted octanol–water partition coefficient (Wildman–Crippen LogP) is 1.71. The Morgan fingerprint density at radius 1 is 1.40 bits per heavy atom. The van der Waals surface area contributed by atoms with Crippen LogP contribution in [0.25, 0.3) is 0 Å². The van der Waals surface area contributed by atoms with Crippen molar-refractivity contribution in [1.29, 1.82) is 0 Å². The van der Waals surface area contributed by atoms with Crippen molar-refractivity contribution in [3.8, 4) is 5.75 Å². The highest BCUT2D eigenvalue weighted by Crippen LogP contribution is 2.25. The monoisotopic (exact) mass is 282 g/mol. The predicted molar refractivity (Wildman–Crippen MR) is 68.3 cm³/mol. The van der Waals surface area contributed by atoms with E-state index in [0.717, 1.165) is 0 Å². The van der Waals surface area contributed by atoms with Crippen molar-refractivity contribution in [1.82, 2.24) is 9.78 Å². The number of nitrogens with two attached hydrogens (primary N) is 1. The Balaban J connectivity index is 2.04. The summed E-state index contributed by atoms with van der Waals surface area (Å²) >= 11 is 0. The Kier molecular flexibility index (Phi) is 4.14. The Morgan fingerprint density at radius 3 is 2.80 bits per heavy atom. The molecule has 106 valence electrons. The summed E-state index contributed by atoms with van der Waals surface area (Å²) in [7, 11) is 0. The molecule has 0 atom stereocenters. The fourth-order valence-corrected chi connectivity index (χ4v) is 1.57. The van der Waals surface area contributed by atoms with E-state index in [0.29, 0.717) is 5.82 Å². The van der Waals surface area contributed by atoms with Crippen molar-refractivity contribution in [2.45, 2.75) is 13.2 Å². The van der Waals surface area contributed by atoms with Gasteiger partial charge in [-0.3, -0.25) is 9.48 Å². The number of nitrogens with zero attached hydrogens (tertiary/aromatic N) is 2. The molecule has 20 heavy (non-hydrogen) atoms. The van der Waals surface area contributed by atoms with Gasteiger partial charge in [0.2, 0.25) is 5.91 Å². The van der Waals surface area contributed by atoms with Crippen molar-refractivity contribution in [2.75, 3.05) is 11.1 Å². The maximum Gasteiger partial charge on any atom is 0.387 e. The normalized spacial score (nSPS) is 10.6. The van der Waals surface area contributed by atoms with Gasteiger partial charge in [-0.05, 0) is 18.2 Å². The number of nitrogen functional groups attached to an aromatic ring is 1. The largest absolute Gasteiger partial charge is 0.433 e. The first kappa shape index (κ1) is 13.8. The fraction of sp³-hybridized carbons (Fsp3) is 0.167. The topological polar surface area (TPSA) is 82.2 Å². The molecule has 0 fully saturated rings. The number of hydrogen-bond donors (Lipinski definition) is 2. The van der Waals surface area contributed by atoms with Crippen LogP contribution in [0, 0.1) is 0 Å². The van der Waals surface area contributed by atoms with Crippen LogP contribution in [0.15, 0.2) is 36.5 Å². The van der Waals surface area contributed by atoms with E-state index in [1.807, 2.05) is 0 Å². The van der Waals surface area contributed by atoms with Gasteiger partial charge in [0.1, 0.15) is 18.1 Å². The molecule has 0 saturated heterocycles. The van der Waals surface area contributed by atoms with Gasteiger partial charge < -0.3 is 15.8 Å². The number of rotatable bonds is 5. The first-order valence-corrected chi connectivity index (χ1v) is 5.67. The molecular formula is C12H12F2N4O2. The molecular weight excluding hydrogens is 270 g/mol. The van der Waals surface area contributed by atoms with Crippen LogP contribution in [0.3, 0.4) is 0 Å². The van der Waals surface area contributed by atoms with Crippen molar-refractivity contribution in [3.63, 3.8) is 0 Å². The molecule has 0 bridgehead atoms. The minimum absolute atomic E-state index is 0.0831. The minimum atomic E-state index is -2.96. The van der Waals surface area contributed by atoms with Gasteiger partial charge in [0.05, 0.1) is 5.69 Å².